The smallest absolute Gasteiger partial charge is 0.410 e. The highest BCUT2D eigenvalue weighted by Crippen LogP contribution is 2.21. The molecule has 2 atom stereocenters. The van der Waals surface area contributed by atoms with Crippen molar-refractivity contribution in [1.29, 1.82) is 5.26 Å². The summed E-state index contributed by atoms with van der Waals surface area (Å²) in [7, 11) is 0. The number of likely N-dealkylation sites (tertiary alicyclic amines) is 1. The molecule has 0 radical (unpaired) electrons. The van der Waals surface area contributed by atoms with E-state index in [1.807, 2.05) is 37.3 Å². The number of amides is 2. The lowest BCUT2D eigenvalue weighted by Gasteiger charge is -2.37. The van der Waals surface area contributed by atoms with Crippen molar-refractivity contribution in [2.45, 2.75) is 57.7 Å². The highest BCUT2D eigenvalue weighted by Gasteiger charge is 2.33. The summed E-state index contributed by atoms with van der Waals surface area (Å²) in [6.07, 6.45) is 2.22. The topological polar surface area (TPSA) is 91.7 Å². The van der Waals surface area contributed by atoms with Crippen LogP contribution in [-0.2, 0) is 16.1 Å². The number of nitriles is 1. The molecule has 7 nitrogen and oxygen atoms in total. The van der Waals surface area contributed by atoms with Gasteiger partial charge in [-0.2, -0.15) is 5.26 Å². The molecule has 2 rings (SSSR count). The first kappa shape index (κ1) is 20.6. The number of ether oxygens (including phenoxy) is 2. The van der Waals surface area contributed by atoms with Gasteiger partial charge in [-0.25, -0.2) is 9.59 Å². The Labute approximate surface area is 160 Å². The number of hydrogen-bond acceptors (Lipinski definition) is 5. The molecule has 1 aliphatic heterocycles. The molecule has 2 amide bonds. The maximum Gasteiger partial charge on any atom is 0.410 e. The summed E-state index contributed by atoms with van der Waals surface area (Å²) >= 11 is 0. The Morgan fingerprint density at radius 2 is 2.07 bits per heavy atom. The third-order valence-electron chi connectivity index (χ3n) is 4.54. The van der Waals surface area contributed by atoms with Gasteiger partial charge in [0.05, 0.1) is 19.1 Å². The van der Waals surface area contributed by atoms with Crippen molar-refractivity contribution in [3.63, 3.8) is 0 Å². The third kappa shape index (κ3) is 6.81. The highest BCUT2D eigenvalue weighted by atomic mass is 16.6. The molecule has 1 aromatic carbocycles. The molecule has 0 spiro atoms. The molecule has 146 valence electrons. The number of hydrogen-bond donors (Lipinski definition) is 1. The van der Waals surface area contributed by atoms with Gasteiger partial charge in [0.25, 0.3) is 0 Å². The summed E-state index contributed by atoms with van der Waals surface area (Å²) in [5, 5.41) is 11.9. The Kier molecular flexibility index (Phi) is 8.43. The Morgan fingerprint density at radius 1 is 1.30 bits per heavy atom. The molecule has 27 heavy (non-hydrogen) atoms. The quantitative estimate of drug-likeness (QED) is 0.737. The zero-order valence-corrected chi connectivity index (χ0v) is 15.7. The predicted molar refractivity (Wildman–Crippen MR) is 99.8 cm³/mol. The number of benzene rings is 1. The Morgan fingerprint density at radius 3 is 2.78 bits per heavy atom. The van der Waals surface area contributed by atoms with E-state index in [0.29, 0.717) is 26.0 Å². The zero-order valence-electron chi connectivity index (χ0n) is 15.7. The van der Waals surface area contributed by atoms with Crippen LogP contribution in [0.3, 0.4) is 0 Å². The van der Waals surface area contributed by atoms with Gasteiger partial charge < -0.3 is 19.7 Å². The van der Waals surface area contributed by atoms with Crippen LogP contribution in [0.15, 0.2) is 30.3 Å². The van der Waals surface area contributed by atoms with Crippen LogP contribution >= 0.6 is 0 Å². The molecule has 7 heteroatoms. The summed E-state index contributed by atoms with van der Waals surface area (Å²) < 4.78 is 10.5. The van der Waals surface area contributed by atoms with Gasteiger partial charge in [-0.3, -0.25) is 0 Å². The molecule has 1 heterocycles. The van der Waals surface area contributed by atoms with Gasteiger partial charge >= 0.3 is 12.2 Å². The first-order valence-corrected chi connectivity index (χ1v) is 9.41. The second kappa shape index (κ2) is 11.1. The van der Waals surface area contributed by atoms with E-state index in [0.717, 1.165) is 18.4 Å². The van der Waals surface area contributed by atoms with E-state index in [1.165, 1.54) is 0 Å². The summed E-state index contributed by atoms with van der Waals surface area (Å²) in [6.45, 7) is 3.07. The molecule has 0 aliphatic carbocycles. The van der Waals surface area contributed by atoms with Crippen molar-refractivity contribution in [3.05, 3.63) is 35.9 Å². The van der Waals surface area contributed by atoms with Crippen molar-refractivity contribution in [1.82, 2.24) is 10.2 Å². The van der Waals surface area contributed by atoms with Crippen molar-refractivity contribution in [3.8, 4) is 6.07 Å². The minimum absolute atomic E-state index is 0.133. The monoisotopic (exact) mass is 373 g/mol. The van der Waals surface area contributed by atoms with Crippen molar-refractivity contribution >= 4 is 12.2 Å². The molecule has 1 saturated heterocycles. The van der Waals surface area contributed by atoms with Gasteiger partial charge in [0.15, 0.2) is 0 Å². The maximum absolute atomic E-state index is 12.2. The number of carbonyl (C=O) groups is 2. The molecule has 1 N–H and O–H groups in total. The SMILES string of the molecule is CCCCOC(=O)N1CC[C@H](NC(=O)OCc2ccccc2)C[C@H]1CC#N. The lowest BCUT2D eigenvalue weighted by atomic mass is 9.96. The average Bonchev–Trinajstić information content (AvgIpc) is 2.68. The number of unbranched alkanes of at least 4 members (excludes halogenated alkanes) is 1. The second-order valence-electron chi connectivity index (χ2n) is 6.60. The summed E-state index contributed by atoms with van der Waals surface area (Å²) in [5.41, 5.74) is 0.916. The Bertz CT molecular complexity index is 644. The zero-order chi connectivity index (χ0) is 19.5. The summed E-state index contributed by atoms with van der Waals surface area (Å²) in [6, 6.07) is 11.2. The van der Waals surface area contributed by atoms with Crippen LogP contribution < -0.4 is 5.32 Å². The number of rotatable bonds is 7. The van der Waals surface area contributed by atoms with E-state index in [1.54, 1.807) is 4.90 Å². The van der Waals surface area contributed by atoms with Gasteiger partial charge in [-0.1, -0.05) is 43.7 Å². The predicted octanol–water partition coefficient (Wildman–Crippen LogP) is 3.60. The Hall–Kier alpha value is -2.75. The highest BCUT2D eigenvalue weighted by molar-refractivity contribution is 5.69. The molecular weight excluding hydrogens is 346 g/mol. The third-order valence-corrected chi connectivity index (χ3v) is 4.54. The van der Waals surface area contributed by atoms with Crippen LogP contribution in [0.25, 0.3) is 0 Å². The van der Waals surface area contributed by atoms with E-state index < -0.39 is 6.09 Å². The van der Waals surface area contributed by atoms with Gasteiger partial charge in [0, 0.05) is 18.6 Å². The fraction of sp³-hybridized carbons (Fsp3) is 0.550. The van der Waals surface area contributed by atoms with Crippen LogP contribution in [0.5, 0.6) is 0 Å². The second-order valence-corrected chi connectivity index (χ2v) is 6.60. The molecule has 0 bridgehead atoms. The van der Waals surface area contributed by atoms with Crippen molar-refractivity contribution in [2.75, 3.05) is 13.2 Å². The van der Waals surface area contributed by atoms with Crippen LogP contribution in [-0.4, -0.2) is 42.3 Å². The summed E-state index contributed by atoms with van der Waals surface area (Å²) in [4.78, 5) is 25.9. The fourth-order valence-corrected chi connectivity index (χ4v) is 3.04. The van der Waals surface area contributed by atoms with Gasteiger partial charge in [-0.05, 0) is 24.8 Å². The van der Waals surface area contributed by atoms with Gasteiger partial charge in [-0.15, -0.1) is 0 Å². The van der Waals surface area contributed by atoms with E-state index in [4.69, 9.17) is 14.7 Å². The Balaban J connectivity index is 1.81. The van der Waals surface area contributed by atoms with Gasteiger partial charge in [0.2, 0.25) is 0 Å². The van der Waals surface area contributed by atoms with Crippen LogP contribution in [0.2, 0.25) is 0 Å². The lowest BCUT2D eigenvalue weighted by molar-refractivity contribution is 0.0651. The number of carbonyl (C=O) groups excluding carboxylic acids is 2. The van der Waals surface area contributed by atoms with Crippen LogP contribution in [0.1, 0.15) is 44.6 Å². The minimum atomic E-state index is -0.487. The van der Waals surface area contributed by atoms with Crippen LogP contribution in [0, 0.1) is 11.3 Å². The molecule has 0 unspecified atom stereocenters. The molecule has 0 saturated carbocycles. The first-order chi connectivity index (χ1) is 13.1. The number of nitrogens with one attached hydrogen (secondary N) is 1. The van der Waals surface area contributed by atoms with E-state index >= 15 is 0 Å². The summed E-state index contributed by atoms with van der Waals surface area (Å²) in [5.74, 6) is 0. The molecular formula is C20H27N3O4. The van der Waals surface area contributed by atoms with Crippen molar-refractivity contribution in [2.24, 2.45) is 0 Å². The van der Waals surface area contributed by atoms with Gasteiger partial charge in [0.1, 0.15) is 6.61 Å². The average molecular weight is 373 g/mol. The number of alkyl carbamates (subject to hydrolysis) is 1. The van der Waals surface area contributed by atoms with Crippen LogP contribution in [0.4, 0.5) is 9.59 Å². The molecule has 1 aliphatic rings. The molecule has 1 aromatic rings. The fourth-order valence-electron chi connectivity index (χ4n) is 3.04. The normalized spacial score (nSPS) is 19.0. The minimum Gasteiger partial charge on any atom is -0.449 e. The van der Waals surface area contributed by atoms with E-state index in [9.17, 15) is 9.59 Å². The standard InChI is InChI=1S/C20H27N3O4/c1-2-3-13-26-20(25)23-12-10-17(14-18(23)9-11-21)22-19(24)27-15-16-7-5-4-6-8-16/h4-8,17-18H,2-3,9-10,12-15H2,1H3,(H,22,24)/t17-,18+/m0/s1. The first-order valence-electron chi connectivity index (χ1n) is 9.41. The van der Waals surface area contributed by atoms with Crippen molar-refractivity contribution < 1.29 is 19.1 Å². The van der Waals surface area contributed by atoms with E-state index in [2.05, 4.69) is 11.4 Å². The molecule has 0 aromatic heterocycles. The largest absolute Gasteiger partial charge is 0.449 e. The maximum atomic E-state index is 12.2. The van der Waals surface area contributed by atoms with E-state index in [-0.39, 0.29) is 31.2 Å². The number of nitrogens with zero attached hydrogens (tertiary/aromatic N) is 2. The number of piperidine rings is 1. The molecule has 1 fully saturated rings. The lowest BCUT2D eigenvalue weighted by Crippen LogP contribution is -2.52.